The summed E-state index contributed by atoms with van der Waals surface area (Å²) in [6.45, 7) is 0. The molecule has 5 aromatic rings. The molecule has 2 atom stereocenters. The smallest absolute Gasteiger partial charge is 0.339 e. The number of esters is 1. The molecule has 1 heterocycles. The highest BCUT2D eigenvalue weighted by atomic mass is 32.2. The summed E-state index contributed by atoms with van der Waals surface area (Å²) < 4.78 is 109. The molecule has 250 valence electrons. The van der Waals surface area contributed by atoms with Gasteiger partial charge in [0, 0.05) is 38.1 Å². The second-order valence-corrected chi connectivity index (χ2v) is 11.9. The number of alkyl halides is 4. The van der Waals surface area contributed by atoms with Crippen molar-refractivity contribution in [3.05, 3.63) is 130 Å². The van der Waals surface area contributed by atoms with Gasteiger partial charge in [-0.2, -0.15) is 10.5 Å². The molecule has 2 unspecified atom stereocenters. The van der Waals surface area contributed by atoms with E-state index in [9.17, 15) is 28.5 Å². The van der Waals surface area contributed by atoms with Gasteiger partial charge in [0.05, 0.1) is 41.6 Å². The Hall–Kier alpha value is -5.79. The lowest BCUT2D eigenvalue weighted by molar-refractivity contribution is -0.137. The predicted octanol–water partition coefficient (Wildman–Crippen LogP) is 10.1. The Balaban J connectivity index is 1.68. The first kappa shape index (κ1) is 34.1. The number of ether oxygens (including phenoxy) is 1. The van der Waals surface area contributed by atoms with E-state index < -0.39 is 53.4 Å². The van der Waals surface area contributed by atoms with Crippen LogP contribution in [-0.2, 0) is 9.53 Å². The minimum Gasteiger partial charge on any atom is -0.465 e. The number of carbonyl (C=O) groups is 1. The molecule has 0 fully saturated rings. The maximum absolute atomic E-state index is 15.6. The maximum atomic E-state index is 15.6. The van der Waals surface area contributed by atoms with Crippen LogP contribution in [0.3, 0.4) is 0 Å². The molecule has 0 saturated heterocycles. The van der Waals surface area contributed by atoms with Crippen LogP contribution in [0.25, 0.3) is 38.9 Å². The molecule has 6 rings (SSSR count). The summed E-state index contributed by atoms with van der Waals surface area (Å²) in [7, 11) is 0.805. The van der Waals surface area contributed by atoms with Crippen LogP contribution in [0.4, 0.5) is 30.7 Å². The number of hydrogen-bond acceptors (Lipinski definition) is 5. The summed E-state index contributed by atoms with van der Waals surface area (Å²) in [5.74, 6) is -6.00. The lowest BCUT2D eigenvalue weighted by atomic mass is 9.87. The zero-order chi connectivity index (χ0) is 35.9. The van der Waals surface area contributed by atoms with Crippen molar-refractivity contribution >= 4 is 34.4 Å². The van der Waals surface area contributed by atoms with Crippen LogP contribution in [0.5, 0.6) is 0 Å². The van der Waals surface area contributed by atoms with Crippen LogP contribution in [-0.4, -0.2) is 29.4 Å². The van der Waals surface area contributed by atoms with Crippen molar-refractivity contribution < 1.29 is 40.3 Å². The number of allylic oxidation sites excluding steroid dienone is 3. The van der Waals surface area contributed by atoms with Crippen LogP contribution in [0.15, 0.2) is 107 Å². The van der Waals surface area contributed by atoms with Gasteiger partial charge in [0.1, 0.15) is 11.4 Å². The highest BCUT2D eigenvalue weighted by Crippen LogP contribution is 2.48. The Morgan fingerprint density at radius 1 is 0.820 bits per heavy atom. The quantitative estimate of drug-likeness (QED) is 0.125. The van der Waals surface area contributed by atoms with E-state index in [1.165, 1.54) is 78.9 Å². The van der Waals surface area contributed by atoms with Crippen molar-refractivity contribution in [1.29, 1.82) is 10.5 Å². The van der Waals surface area contributed by atoms with Gasteiger partial charge in [0.15, 0.2) is 24.0 Å². The van der Waals surface area contributed by atoms with Crippen LogP contribution < -0.4 is 0 Å². The van der Waals surface area contributed by atoms with Crippen molar-refractivity contribution in [2.75, 3.05) is 7.11 Å². The summed E-state index contributed by atoms with van der Waals surface area (Å²) in [5, 5.41) is 20.4. The zero-order valence-electron chi connectivity index (χ0n) is 25.5. The van der Waals surface area contributed by atoms with Crippen molar-refractivity contribution in [2.45, 2.75) is 23.7 Å². The van der Waals surface area contributed by atoms with E-state index in [1.807, 2.05) is 12.1 Å². The zero-order valence-corrected chi connectivity index (χ0v) is 26.3. The van der Waals surface area contributed by atoms with Gasteiger partial charge >= 0.3 is 5.97 Å². The number of carbonyl (C=O) groups excluding carboxylic acids is 1. The number of nitrogens with zero attached hydrogens (tertiary/aromatic N) is 3. The van der Waals surface area contributed by atoms with Gasteiger partial charge in [-0.3, -0.25) is 3.97 Å². The standard InChI is InChI=1S/C37H20F7N3O2S/c1-49-37(48)30-33(41)31(39)28(32(40)34(30)42)19-4-2-5-20(14-19)35-29(27-21(16-45)6-3-7-22(27)17-46)25-15-23(38)10-13-26(25)47(35)50-24-11-8-18(9-12-24)36(43)44/h2-15,31,33,36H,1H3. The average Bonchev–Trinajstić information content (AvgIpc) is 3.42. The third kappa shape index (κ3) is 5.80. The molecule has 13 heteroatoms. The van der Waals surface area contributed by atoms with Crippen LogP contribution in [0.2, 0.25) is 0 Å². The molecule has 0 spiro atoms. The van der Waals surface area contributed by atoms with Crippen molar-refractivity contribution in [3.8, 4) is 34.5 Å². The van der Waals surface area contributed by atoms with Gasteiger partial charge in [-0.25, -0.2) is 35.5 Å². The van der Waals surface area contributed by atoms with Crippen LogP contribution in [0, 0.1) is 28.5 Å². The van der Waals surface area contributed by atoms with Crippen LogP contribution >= 0.6 is 11.9 Å². The van der Waals surface area contributed by atoms with Gasteiger partial charge in [0.2, 0.25) is 0 Å². The van der Waals surface area contributed by atoms with E-state index in [4.69, 9.17) is 0 Å². The average molecular weight is 704 g/mol. The summed E-state index contributed by atoms with van der Waals surface area (Å²) in [6.07, 6.45) is -8.47. The molecule has 1 aliphatic carbocycles. The molecule has 0 N–H and O–H groups in total. The first-order chi connectivity index (χ1) is 24.0. The molecule has 5 nitrogen and oxygen atoms in total. The summed E-state index contributed by atoms with van der Waals surface area (Å²) in [5.41, 5.74) is -2.02. The predicted molar refractivity (Wildman–Crippen MR) is 173 cm³/mol. The Morgan fingerprint density at radius 3 is 2.08 bits per heavy atom. The number of hydrogen-bond donors (Lipinski definition) is 0. The largest absolute Gasteiger partial charge is 0.465 e. The molecule has 4 aromatic carbocycles. The number of methoxy groups -OCH3 is 1. The topological polar surface area (TPSA) is 78.8 Å². The SMILES string of the molecule is COC(=O)C1=C(F)C(F)=C(c2cccc(-c3c(-c4c(C#N)cccc4C#N)c4cc(F)ccc4n3Sc3ccc(C(F)F)cc3)c2)C(F)C1F. The van der Waals surface area contributed by atoms with E-state index in [2.05, 4.69) is 4.74 Å². The number of rotatable bonds is 7. The lowest BCUT2D eigenvalue weighted by Gasteiger charge is -2.24. The first-order valence-electron chi connectivity index (χ1n) is 14.6. The highest BCUT2D eigenvalue weighted by Gasteiger charge is 2.43. The number of benzene rings is 4. The van der Waals surface area contributed by atoms with E-state index in [0.29, 0.717) is 10.4 Å². The Bertz CT molecular complexity index is 2300. The fraction of sp³-hybridized carbons (Fsp3) is 0.108. The molecule has 0 amide bonds. The normalized spacial score (nSPS) is 16.1. The van der Waals surface area contributed by atoms with Crippen LogP contribution in [0.1, 0.15) is 28.7 Å². The molecule has 0 bridgehead atoms. The second kappa shape index (κ2) is 13.6. The third-order valence-corrected chi connectivity index (χ3v) is 9.14. The fourth-order valence-corrected chi connectivity index (χ4v) is 6.85. The Kier molecular flexibility index (Phi) is 9.28. The van der Waals surface area contributed by atoms with E-state index in [0.717, 1.165) is 25.1 Å². The van der Waals surface area contributed by atoms with Crippen molar-refractivity contribution in [2.24, 2.45) is 0 Å². The van der Waals surface area contributed by atoms with Crippen molar-refractivity contribution in [1.82, 2.24) is 3.97 Å². The molecule has 1 aliphatic rings. The monoisotopic (exact) mass is 703 g/mol. The molecular formula is C37H20F7N3O2S. The van der Waals surface area contributed by atoms with E-state index in [-0.39, 0.29) is 50.0 Å². The minimum atomic E-state index is -2.90. The molecule has 0 aliphatic heterocycles. The summed E-state index contributed by atoms with van der Waals surface area (Å²) in [6, 6.07) is 22.8. The lowest BCUT2D eigenvalue weighted by Crippen LogP contribution is -2.31. The van der Waals surface area contributed by atoms with Gasteiger partial charge in [0.25, 0.3) is 6.43 Å². The van der Waals surface area contributed by atoms with E-state index >= 15 is 17.6 Å². The van der Waals surface area contributed by atoms with Gasteiger partial charge < -0.3 is 4.74 Å². The van der Waals surface area contributed by atoms with E-state index in [1.54, 1.807) is 3.97 Å². The fourth-order valence-electron chi connectivity index (χ4n) is 5.84. The van der Waals surface area contributed by atoms with Gasteiger partial charge in [-0.05, 0) is 66.0 Å². The molecule has 0 radical (unpaired) electrons. The number of fused-ring (bicyclic) bond motifs is 1. The number of aromatic nitrogens is 1. The minimum absolute atomic E-state index is 0.0312. The molecular weight excluding hydrogens is 683 g/mol. The van der Waals surface area contributed by atoms with Gasteiger partial charge in [-0.1, -0.05) is 36.4 Å². The highest BCUT2D eigenvalue weighted by molar-refractivity contribution is 7.98. The molecule has 0 saturated carbocycles. The maximum Gasteiger partial charge on any atom is 0.339 e. The summed E-state index contributed by atoms with van der Waals surface area (Å²) in [4.78, 5) is 12.4. The Labute approximate surface area is 284 Å². The number of nitriles is 2. The first-order valence-corrected chi connectivity index (χ1v) is 15.4. The third-order valence-electron chi connectivity index (χ3n) is 8.10. The molecule has 50 heavy (non-hydrogen) atoms. The number of halogens is 7. The Morgan fingerprint density at radius 2 is 1.46 bits per heavy atom. The second-order valence-electron chi connectivity index (χ2n) is 10.9. The summed E-state index contributed by atoms with van der Waals surface area (Å²) >= 11 is 1.00. The molecule has 1 aromatic heterocycles. The van der Waals surface area contributed by atoms with Gasteiger partial charge in [-0.15, -0.1) is 0 Å². The van der Waals surface area contributed by atoms with Crippen molar-refractivity contribution in [3.63, 3.8) is 0 Å².